The van der Waals surface area contributed by atoms with E-state index in [9.17, 15) is 76.1 Å². The van der Waals surface area contributed by atoms with E-state index in [-0.39, 0.29) is 47.9 Å². The number of halogens is 23. The minimum Gasteiger partial charge on any atom is -0.741 e. The fourth-order valence-electron chi connectivity index (χ4n) is 8.14. The number of phenols is 2. The van der Waals surface area contributed by atoms with Gasteiger partial charge in [0.2, 0.25) is 0 Å². The van der Waals surface area contributed by atoms with Crippen molar-refractivity contribution in [1.82, 2.24) is 0 Å². The Balaban J connectivity index is 0.000000498. The Hall–Kier alpha value is -5.83. The van der Waals surface area contributed by atoms with Gasteiger partial charge < -0.3 is 14.8 Å². The second-order valence-corrected chi connectivity index (χ2v) is 23.5. The van der Waals surface area contributed by atoms with Crippen molar-refractivity contribution >= 4 is 38.1 Å². The molecular formula is C53H44BF23O5SZr. The first-order valence-corrected chi connectivity index (χ1v) is 24.5. The molecule has 6 rings (SSSR count). The van der Waals surface area contributed by atoms with E-state index in [4.69, 9.17) is 13.0 Å². The van der Waals surface area contributed by atoms with Crippen LogP contribution in [0.4, 0.5) is 101 Å². The number of phenolic OH excluding ortho intramolecular Hbond substituents is 2. The minimum absolute atomic E-state index is 0. The number of aromatic hydroxyl groups is 2. The van der Waals surface area contributed by atoms with Gasteiger partial charge in [0.15, 0.2) is 79.9 Å². The normalized spacial score (nSPS) is 12.4. The summed E-state index contributed by atoms with van der Waals surface area (Å²) in [5, 5.41) is 20.0. The third kappa shape index (κ3) is 14.4. The zero-order valence-corrected chi connectivity index (χ0v) is 48.5. The maximum absolute atomic E-state index is 15.4. The van der Waals surface area contributed by atoms with Gasteiger partial charge in [-0.3, -0.25) is 0 Å². The van der Waals surface area contributed by atoms with Crippen molar-refractivity contribution in [3.8, 4) is 11.5 Å². The zero-order chi connectivity index (χ0) is 65.1. The molecule has 0 heterocycles. The van der Waals surface area contributed by atoms with Crippen LogP contribution in [0.3, 0.4) is 0 Å². The fourth-order valence-corrected chi connectivity index (χ4v) is 8.14. The summed E-state index contributed by atoms with van der Waals surface area (Å²) in [6.07, 6.45) is -7.22. The molecule has 0 aliphatic heterocycles. The third-order valence-corrected chi connectivity index (χ3v) is 12.9. The van der Waals surface area contributed by atoms with Gasteiger partial charge in [0, 0.05) is 0 Å². The Morgan fingerprint density at radius 3 is 0.607 bits per heavy atom. The van der Waals surface area contributed by atoms with Crippen LogP contribution in [0.5, 0.6) is 11.5 Å². The maximum atomic E-state index is 15.4. The van der Waals surface area contributed by atoms with Gasteiger partial charge in [-0.05, 0) is 56.0 Å². The molecule has 0 saturated carbocycles. The Kier molecular flexibility index (Phi) is 22.7. The van der Waals surface area contributed by atoms with Crippen LogP contribution < -0.4 is 21.9 Å². The SMILES string of the molecule is CC(C)(C)c1ccc(C(C)(C)C)c(O)c1.CC(C)(C)c1ccc(C(C)(C)C)c(O)c1.Fc1c(F)c(F)c([B-](c2c(F)c(F)c(F)c(F)c2F)(c2c(F)c(F)c(F)c(F)c2F)c2c(F)c(F)c(F)c(F)c2F)c(F)c1F.O=S(=O)([O-])C(F)(F)F.[Zr+2]. The largest absolute Gasteiger partial charge is 2.00 e. The van der Waals surface area contributed by atoms with Crippen LogP contribution in [0.25, 0.3) is 0 Å². The fraction of sp³-hybridized carbons (Fsp3) is 0.321. The maximum Gasteiger partial charge on any atom is 2.00 e. The van der Waals surface area contributed by atoms with E-state index >= 15 is 35.1 Å². The summed E-state index contributed by atoms with van der Waals surface area (Å²) >= 11 is 0. The molecule has 0 aliphatic carbocycles. The molecule has 2 N–H and O–H groups in total. The molecule has 460 valence electrons. The molecular weight excluding hydrogens is 1290 g/mol. The molecule has 0 radical (unpaired) electrons. The zero-order valence-electron chi connectivity index (χ0n) is 45.3. The van der Waals surface area contributed by atoms with Crippen LogP contribution in [-0.4, -0.2) is 34.8 Å². The van der Waals surface area contributed by atoms with Crippen molar-refractivity contribution in [2.75, 3.05) is 0 Å². The Morgan fingerprint density at radius 1 is 0.333 bits per heavy atom. The Morgan fingerprint density at radius 2 is 0.488 bits per heavy atom. The van der Waals surface area contributed by atoms with Crippen molar-refractivity contribution in [3.63, 3.8) is 0 Å². The number of rotatable bonds is 4. The number of hydrogen-bond acceptors (Lipinski definition) is 5. The number of hydrogen-bond donors (Lipinski definition) is 2. The molecule has 0 atom stereocenters. The van der Waals surface area contributed by atoms with Crippen molar-refractivity contribution in [2.45, 2.75) is 110 Å². The third-order valence-electron chi connectivity index (χ3n) is 12.3. The summed E-state index contributed by atoms with van der Waals surface area (Å²) in [6, 6.07) is 12.1. The van der Waals surface area contributed by atoms with E-state index < -0.39 is 160 Å². The number of alkyl halides is 3. The monoisotopic (exact) mass is 1330 g/mol. The molecule has 6 aromatic carbocycles. The van der Waals surface area contributed by atoms with Gasteiger partial charge >= 0.3 is 31.7 Å². The molecule has 0 saturated heterocycles. The van der Waals surface area contributed by atoms with Crippen LogP contribution in [0.2, 0.25) is 0 Å². The van der Waals surface area contributed by atoms with Crippen LogP contribution in [-0.2, 0) is 58.0 Å². The van der Waals surface area contributed by atoms with E-state index in [1.165, 1.54) is 11.1 Å². The number of benzene rings is 6. The predicted octanol–water partition coefficient (Wildman–Crippen LogP) is 13.9. The summed E-state index contributed by atoms with van der Waals surface area (Å²) in [7, 11) is -6.09. The Bertz CT molecular complexity index is 3150. The molecule has 31 heteroatoms. The van der Waals surface area contributed by atoms with Crippen LogP contribution >= 0.6 is 0 Å². The second-order valence-electron chi connectivity index (χ2n) is 22.2. The van der Waals surface area contributed by atoms with Gasteiger partial charge in [0.25, 0.3) is 0 Å². The first kappa shape index (κ1) is 74.3. The van der Waals surface area contributed by atoms with Crippen LogP contribution in [0.1, 0.15) is 105 Å². The molecule has 0 aliphatic rings. The molecule has 0 spiro atoms. The molecule has 0 fully saturated rings. The minimum atomic E-state index is -7.22. The first-order valence-electron chi connectivity index (χ1n) is 23.1. The average molecular weight is 1330 g/mol. The average Bonchev–Trinajstić information content (AvgIpc) is 0.768. The Labute approximate surface area is 483 Å². The van der Waals surface area contributed by atoms with E-state index in [2.05, 4.69) is 95.2 Å². The van der Waals surface area contributed by atoms with Crippen molar-refractivity contribution in [3.05, 3.63) is 175 Å². The van der Waals surface area contributed by atoms with Gasteiger partial charge in [-0.25, -0.2) is 96.2 Å². The van der Waals surface area contributed by atoms with E-state index in [0.717, 1.165) is 11.1 Å². The molecule has 0 unspecified atom stereocenters. The topological polar surface area (TPSA) is 97.7 Å². The van der Waals surface area contributed by atoms with Crippen molar-refractivity contribution in [2.24, 2.45) is 0 Å². The van der Waals surface area contributed by atoms with Gasteiger partial charge in [0.05, 0.1) is 0 Å². The van der Waals surface area contributed by atoms with Crippen molar-refractivity contribution in [1.29, 1.82) is 0 Å². The van der Waals surface area contributed by atoms with Gasteiger partial charge in [0.1, 0.15) is 64.2 Å². The van der Waals surface area contributed by atoms with Crippen molar-refractivity contribution < 1.29 is 150 Å². The molecule has 6 aromatic rings. The summed E-state index contributed by atoms with van der Waals surface area (Å²) in [4.78, 5) is 0. The molecule has 0 aromatic heterocycles. The summed E-state index contributed by atoms with van der Waals surface area (Å²) < 4.78 is 353. The first-order chi connectivity index (χ1) is 37.2. The van der Waals surface area contributed by atoms with E-state index in [1.807, 2.05) is 24.3 Å². The van der Waals surface area contributed by atoms with E-state index in [1.54, 1.807) is 0 Å². The second kappa shape index (κ2) is 25.6. The van der Waals surface area contributed by atoms with Gasteiger partial charge in [-0.1, -0.05) is 107 Å². The smallest absolute Gasteiger partial charge is 0.741 e. The summed E-state index contributed by atoms with van der Waals surface area (Å²) in [5.74, 6) is -70.6. The predicted molar refractivity (Wildman–Crippen MR) is 256 cm³/mol. The summed E-state index contributed by atoms with van der Waals surface area (Å²) in [6.45, 7) is 25.6. The molecule has 0 bridgehead atoms. The van der Waals surface area contributed by atoms with Gasteiger partial charge in [-0.15, -0.1) is 21.9 Å². The molecule has 5 nitrogen and oxygen atoms in total. The standard InChI is InChI=1S/C24BF20.2C14H22O.CHF3O3S.Zr/c26-5-1(6(27)14(35)21(42)13(5)34)25(2-7(28)15(36)22(43)16(37)8(2)29,3-9(30)17(38)23(44)18(39)10(3)31)4-11(32)19(40)24(45)20(41)12(4)33;2*1-13(2,3)10-7-8-11(12(15)9-10)14(4,5)6;2-1(3,4)8(5,6)7;/h;2*7-9,15H,1-6H3;(H,5,6,7);/q-1;;;;+2/p-1. The van der Waals surface area contributed by atoms with Gasteiger partial charge in [-0.2, -0.15) is 13.2 Å². The van der Waals surface area contributed by atoms with Crippen LogP contribution in [0.15, 0.2) is 36.4 Å². The van der Waals surface area contributed by atoms with E-state index in [0.29, 0.717) is 11.5 Å². The summed E-state index contributed by atoms with van der Waals surface area (Å²) in [5.41, 5.74) is -15.4. The molecule has 0 amide bonds. The van der Waals surface area contributed by atoms with Crippen LogP contribution in [0, 0.1) is 116 Å². The quantitative estimate of drug-likeness (QED) is 0.0458. The molecule has 84 heavy (non-hydrogen) atoms.